The monoisotopic (exact) mass is 319 g/mol. The van der Waals surface area contributed by atoms with Gasteiger partial charge in [0.05, 0.1) is 5.56 Å². The van der Waals surface area contributed by atoms with Crippen molar-refractivity contribution in [3.8, 4) is 0 Å². The largest absolute Gasteiger partial charge is 0.416 e. The molecule has 0 bridgehead atoms. The first-order valence-corrected chi connectivity index (χ1v) is 7.86. The zero-order valence-electron chi connectivity index (χ0n) is 11.7. The highest BCUT2D eigenvalue weighted by Crippen LogP contribution is 2.30. The molecule has 1 aromatic rings. The lowest BCUT2D eigenvalue weighted by molar-refractivity contribution is -0.137. The quantitative estimate of drug-likeness (QED) is 0.848. The Bertz CT molecular complexity index is 568. The normalized spacial score (nSPS) is 13.9. The molecule has 0 aliphatic rings. The van der Waals surface area contributed by atoms with Gasteiger partial charge in [-0.25, -0.2) is 0 Å². The van der Waals surface area contributed by atoms with Gasteiger partial charge in [-0.2, -0.15) is 13.2 Å². The third-order valence-corrected chi connectivity index (χ3v) is 3.46. The Morgan fingerprint density at radius 3 is 2.62 bits per heavy atom. The second-order valence-electron chi connectivity index (χ2n) is 4.47. The lowest BCUT2D eigenvalue weighted by Crippen LogP contribution is -2.25. The Hall–Kier alpha value is -1.63. The van der Waals surface area contributed by atoms with Crippen LogP contribution in [0.15, 0.2) is 30.3 Å². The number of hydrogen-bond donors (Lipinski definition) is 1. The molecule has 0 heterocycles. The average Bonchev–Trinajstić information content (AvgIpc) is 2.37. The van der Waals surface area contributed by atoms with Crippen LogP contribution in [0.3, 0.4) is 0 Å². The number of alkyl halides is 3. The molecule has 0 aliphatic heterocycles. The van der Waals surface area contributed by atoms with Gasteiger partial charge in [0.15, 0.2) is 0 Å². The van der Waals surface area contributed by atoms with Crippen molar-refractivity contribution >= 4 is 22.3 Å². The molecular formula is C14H16F3NO2S. The predicted octanol–water partition coefficient (Wildman–Crippen LogP) is 2.60. The third kappa shape index (κ3) is 6.12. The van der Waals surface area contributed by atoms with E-state index in [1.165, 1.54) is 24.5 Å². The van der Waals surface area contributed by atoms with Crippen LogP contribution in [0.25, 0.3) is 5.57 Å². The summed E-state index contributed by atoms with van der Waals surface area (Å²) < 4.78 is 48.7. The summed E-state index contributed by atoms with van der Waals surface area (Å²) in [5.41, 5.74) is 0.00445. The van der Waals surface area contributed by atoms with Crippen LogP contribution < -0.4 is 5.32 Å². The minimum absolute atomic E-state index is 0.258. The maximum atomic E-state index is 12.6. The summed E-state index contributed by atoms with van der Waals surface area (Å²) in [6.45, 7) is 1.82. The fourth-order valence-corrected chi connectivity index (χ4v) is 1.98. The SMILES string of the molecule is C/C(=C\C(=O)NCC[S@@](C)=O)c1cccc(C(F)(F)F)c1. The van der Waals surface area contributed by atoms with Gasteiger partial charge in [0.1, 0.15) is 0 Å². The first-order chi connectivity index (χ1) is 9.70. The molecule has 0 saturated heterocycles. The van der Waals surface area contributed by atoms with Crippen molar-refractivity contribution in [3.05, 3.63) is 41.5 Å². The third-order valence-electron chi connectivity index (χ3n) is 2.68. The highest BCUT2D eigenvalue weighted by Gasteiger charge is 2.30. The van der Waals surface area contributed by atoms with E-state index in [0.717, 1.165) is 12.1 Å². The van der Waals surface area contributed by atoms with Gasteiger partial charge in [-0.3, -0.25) is 9.00 Å². The molecule has 0 unspecified atom stereocenters. The molecule has 21 heavy (non-hydrogen) atoms. The van der Waals surface area contributed by atoms with E-state index >= 15 is 0 Å². The molecule has 1 rings (SSSR count). The molecule has 0 saturated carbocycles. The van der Waals surface area contributed by atoms with Crippen molar-refractivity contribution in [1.82, 2.24) is 5.32 Å². The molecule has 116 valence electrons. The number of carbonyl (C=O) groups excluding carboxylic acids is 1. The van der Waals surface area contributed by atoms with Gasteiger partial charge in [0.2, 0.25) is 5.91 Å². The van der Waals surface area contributed by atoms with E-state index in [9.17, 15) is 22.2 Å². The second kappa shape index (κ2) is 7.40. The minimum atomic E-state index is -4.41. The lowest BCUT2D eigenvalue weighted by atomic mass is 10.0. The molecule has 7 heteroatoms. The van der Waals surface area contributed by atoms with Gasteiger partial charge in [-0.05, 0) is 30.2 Å². The van der Waals surface area contributed by atoms with E-state index in [1.54, 1.807) is 6.92 Å². The Morgan fingerprint density at radius 2 is 2.05 bits per heavy atom. The Kier molecular flexibility index (Phi) is 6.14. The highest BCUT2D eigenvalue weighted by molar-refractivity contribution is 7.84. The molecule has 0 aliphatic carbocycles. The van der Waals surface area contributed by atoms with Crippen LogP contribution in [0, 0.1) is 0 Å². The van der Waals surface area contributed by atoms with Crippen LogP contribution >= 0.6 is 0 Å². The first-order valence-electron chi connectivity index (χ1n) is 6.14. The standard InChI is InChI=1S/C14H16F3NO2S/c1-10(8-13(19)18-6-7-21(2)20)11-4-3-5-12(9-11)14(15,16)17/h3-5,8-9H,6-7H2,1-2H3,(H,18,19)/b10-8+/t21-/m1/s1. The Morgan fingerprint density at radius 1 is 1.38 bits per heavy atom. The van der Waals surface area contributed by atoms with Gasteiger partial charge < -0.3 is 5.32 Å². The number of benzene rings is 1. The van der Waals surface area contributed by atoms with Crippen molar-refractivity contribution in [2.75, 3.05) is 18.6 Å². The van der Waals surface area contributed by atoms with Crippen molar-refractivity contribution in [2.24, 2.45) is 0 Å². The maximum Gasteiger partial charge on any atom is 0.416 e. The van der Waals surface area contributed by atoms with Crippen molar-refractivity contribution in [3.63, 3.8) is 0 Å². The highest BCUT2D eigenvalue weighted by atomic mass is 32.2. The molecule has 1 N–H and O–H groups in total. The number of hydrogen-bond acceptors (Lipinski definition) is 2. The van der Waals surface area contributed by atoms with Gasteiger partial charge in [0.25, 0.3) is 0 Å². The molecular weight excluding hydrogens is 303 g/mol. The van der Waals surface area contributed by atoms with Gasteiger partial charge >= 0.3 is 6.18 Å². The van der Waals surface area contributed by atoms with E-state index in [2.05, 4.69) is 5.32 Å². The van der Waals surface area contributed by atoms with E-state index in [4.69, 9.17) is 0 Å². The number of rotatable bonds is 5. The van der Waals surface area contributed by atoms with Crippen LogP contribution in [-0.2, 0) is 21.8 Å². The number of amides is 1. The van der Waals surface area contributed by atoms with Crippen molar-refractivity contribution < 1.29 is 22.2 Å². The van der Waals surface area contributed by atoms with Crippen molar-refractivity contribution in [1.29, 1.82) is 0 Å². The Balaban J connectivity index is 2.78. The van der Waals surface area contributed by atoms with Crippen LogP contribution in [0.5, 0.6) is 0 Å². The van der Waals surface area contributed by atoms with Gasteiger partial charge in [-0.15, -0.1) is 0 Å². The van der Waals surface area contributed by atoms with Crippen LogP contribution in [0.2, 0.25) is 0 Å². The fraction of sp³-hybridized carbons (Fsp3) is 0.357. The summed E-state index contributed by atoms with van der Waals surface area (Å²) in [6.07, 6.45) is -1.66. The number of carbonyl (C=O) groups is 1. The van der Waals surface area contributed by atoms with Crippen molar-refractivity contribution in [2.45, 2.75) is 13.1 Å². The topological polar surface area (TPSA) is 46.2 Å². The summed E-state index contributed by atoms with van der Waals surface area (Å²) in [5.74, 6) is -0.0855. The minimum Gasteiger partial charge on any atom is -0.352 e. The Labute approximate surface area is 123 Å². The summed E-state index contributed by atoms with van der Waals surface area (Å²) in [6, 6.07) is 4.79. The molecule has 0 radical (unpaired) electrons. The number of nitrogens with one attached hydrogen (secondary N) is 1. The summed E-state index contributed by atoms with van der Waals surface area (Å²) in [7, 11) is -1.00. The average molecular weight is 319 g/mol. The fourth-order valence-electron chi connectivity index (χ4n) is 1.59. The van der Waals surface area contributed by atoms with E-state index < -0.39 is 28.4 Å². The van der Waals surface area contributed by atoms with Crippen LogP contribution in [0.1, 0.15) is 18.1 Å². The number of halogens is 3. The second-order valence-corrected chi connectivity index (χ2v) is 6.03. The van der Waals surface area contributed by atoms with Gasteiger partial charge in [-0.1, -0.05) is 12.1 Å². The first kappa shape index (κ1) is 17.4. The van der Waals surface area contributed by atoms with Gasteiger partial charge in [0, 0.05) is 35.4 Å². The smallest absolute Gasteiger partial charge is 0.352 e. The molecule has 1 aromatic carbocycles. The maximum absolute atomic E-state index is 12.6. The molecule has 0 fully saturated rings. The zero-order valence-corrected chi connectivity index (χ0v) is 12.5. The summed E-state index contributed by atoms with van der Waals surface area (Å²) in [5, 5.41) is 2.53. The molecule has 1 amide bonds. The molecule has 0 spiro atoms. The summed E-state index contributed by atoms with van der Waals surface area (Å²) in [4.78, 5) is 11.6. The van der Waals surface area contributed by atoms with E-state index in [-0.39, 0.29) is 6.54 Å². The molecule has 3 nitrogen and oxygen atoms in total. The lowest BCUT2D eigenvalue weighted by Gasteiger charge is -2.09. The molecule has 1 atom stereocenters. The summed E-state index contributed by atoms with van der Waals surface area (Å²) >= 11 is 0. The van der Waals surface area contributed by atoms with E-state index in [1.807, 2.05) is 0 Å². The van der Waals surface area contributed by atoms with Crippen LogP contribution in [0.4, 0.5) is 13.2 Å². The predicted molar refractivity (Wildman–Crippen MR) is 77.0 cm³/mol. The van der Waals surface area contributed by atoms with E-state index in [0.29, 0.717) is 16.9 Å². The molecule has 0 aromatic heterocycles. The number of allylic oxidation sites excluding steroid dienone is 1. The van der Waals surface area contributed by atoms with Crippen LogP contribution in [-0.4, -0.2) is 28.7 Å². The zero-order chi connectivity index (χ0) is 16.0.